The van der Waals surface area contributed by atoms with Crippen molar-refractivity contribution in [3.63, 3.8) is 0 Å². The van der Waals surface area contributed by atoms with Crippen LogP contribution in [-0.2, 0) is 0 Å². The van der Waals surface area contributed by atoms with Crippen LogP contribution in [0.2, 0.25) is 0 Å². The van der Waals surface area contributed by atoms with Gasteiger partial charge in [-0.05, 0) is 47.7 Å². The highest BCUT2D eigenvalue weighted by atomic mass is 79.9. The Morgan fingerprint density at radius 1 is 1.22 bits per heavy atom. The predicted molar refractivity (Wildman–Crippen MR) is 83.9 cm³/mol. The van der Waals surface area contributed by atoms with E-state index < -0.39 is 12.6 Å². The number of nitrogens with zero attached hydrogens (tertiary/aromatic N) is 4. The topological polar surface area (TPSA) is 51.6 Å². The minimum Gasteiger partial charge on any atom is -0.246 e. The van der Waals surface area contributed by atoms with E-state index in [-0.39, 0.29) is 16.7 Å². The van der Waals surface area contributed by atoms with Gasteiger partial charge in [-0.1, -0.05) is 6.58 Å². The van der Waals surface area contributed by atoms with E-state index in [1.807, 2.05) is 6.92 Å². The normalized spacial score (nSPS) is 15.2. The van der Waals surface area contributed by atoms with Crippen molar-refractivity contribution in [1.82, 2.24) is 19.9 Å². The first-order valence-electron chi connectivity index (χ1n) is 7.21. The summed E-state index contributed by atoms with van der Waals surface area (Å²) in [5.41, 5.74) is 3.09. The van der Waals surface area contributed by atoms with E-state index in [2.05, 4.69) is 42.4 Å². The highest BCUT2D eigenvalue weighted by Crippen LogP contribution is 2.40. The molecule has 0 amide bonds. The molecule has 0 bridgehead atoms. The number of aryl methyl sites for hydroxylation is 1. The van der Waals surface area contributed by atoms with Gasteiger partial charge in [-0.25, -0.2) is 19.9 Å². The van der Waals surface area contributed by atoms with Gasteiger partial charge >= 0.3 is 6.18 Å². The van der Waals surface area contributed by atoms with Crippen molar-refractivity contribution in [3.05, 3.63) is 28.4 Å². The molecule has 1 aliphatic rings. The van der Waals surface area contributed by atoms with Crippen molar-refractivity contribution in [3.8, 4) is 0 Å². The summed E-state index contributed by atoms with van der Waals surface area (Å²) < 4.78 is 37.6. The molecule has 2 aromatic heterocycles. The van der Waals surface area contributed by atoms with Gasteiger partial charge in [0.2, 0.25) is 0 Å². The van der Waals surface area contributed by atoms with Crippen molar-refractivity contribution >= 4 is 32.7 Å². The maximum atomic E-state index is 12.4. The summed E-state index contributed by atoms with van der Waals surface area (Å²) in [7, 11) is 0. The van der Waals surface area contributed by atoms with Gasteiger partial charge in [0.15, 0.2) is 10.4 Å². The van der Waals surface area contributed by atoms with Gasteiger partial charge < -0.3 is 0 Å². The first-order valence-corrected chi connectivity index (χ1v) is 8.00. The van der Waals surface area contributed by atoms with Crippen LogP contribution in [0.15, 0.2) is 11.3 Å². The Balaban J connectivity index is 2.02. The van der Waals surface area contributed by atoms with Crippen LogP contribution in [0.1, 0.15) is 48.7 Å². The molecule has 1 aliphatic carbocycles. The zero-order valence-electron chi connectivity index (χ0n) is 12.4. The molecule has 2 aromatic rings. The van der Waals surface area contributed by atoms with Crippen LogP contribution in [-0.4, -0.2) is 26.1 Å². The Kier molecular flexibility index (Phi) is 4.12. The number of alkyl halides is 3. The molecular formula is C15H14BrF3N4. The van der Waals surface area contributed by atoms with Crippen LogP contribution in [0.5, 0.6) is 0 Å². The average Bonchev–Trinajstić information content (AvgIpc) is 3.27. The zero-order chi connectivity index (χ0) is 16.8. The fourth-order valence-corrected chi connectivity index (χ4v) is 2.76. The van der Waals surface area contributed by atoms with E-state index in [4.69, 9.17) is 0 Å². The Morgan fingerprint density at radius 3 is 2.52 bits per heavy atom. The Morgan fingerprint density at radius 2 is 1.91 bits per heavy atom. The second kappa shape index (κ2) is 5.81. The predicted octanol–water partition coefficient (Wildman–Crippen LogP) is 4.72. The van der Waals surface area contributed by atoms with Crippen LogP contribution in [0, 0.1) is 6.92 Å². The quantitative estimate of drug-likeness (QED) is 0.713. The molecule has 0 spiro atoms. The molecular weight excluding hydrogens is 373 g/mol. The van der Waals surface area contributed by atoms with Gasteiger partial charge in [-0.15, -0.1) is 0 Å². The second-order valence-electron chi connectivity index (χ2n) is 5.70. The van der Waals surface area contributed by atoms with Crippen LogP contribution in [0.3, 0.4) is 0 Å². The van der Waals surface area contributed by atoms with Crippen molar-refractivity contribution in [2.45, 2.75) is 44.7 Å². The molecule has 4 nitrogen and oxygen atoms in total. The Hall–Kier alpha value is -1.57. The molecule has 122 valence electrons. The van der Waals surface area contributed by atoms with Gasteiger partial charge in [0, 0.05) is 12.3 Å². The lowest BCUT2D eigenvalue weighted by atomic mass is 10.1. The van der Waals surface area contributed by atoms with Gasteiger partial charge in [-0.3, -0.25) is 0 Å². The third-order valence-electron chi connectivity index (χ3n) is 3.72. The van der Waals surface area contributed by atoms with Crippen molar-refractivity contribution in [2.24, 2.45) is 0 Å². The second-order valence-corrected chi connectivity index (χ2v) is 6.41. The minimum absolute atomic E-state index is 0.229. The molecule has 1 fully saturated rings. The van der Waals surface area contributed by atoms with Crippen LogP contribution >= 0.6 is 15.9 Å². The van der Waals surface area contributed by atoms with Crippen LogP contribution < -0.4 is 0 Å². The summed E-state index contributed by atoms with van der Waals surface area (Å²) in [5.74, 6) is 0.414. The lowest BCUT2D eigenvalue weighted by molar-refractivity contribution is -0.133. The van der Waals surface area contributed by atoms with E-state index in [1.165, 1.54) is 0 Å². The molecule has 0 N–H and O–H groups in total. The molecule has 0 saturated heterocycles. The van der Waals surface area contributed by atoms with Gasteiger partial charge in [0.1, 0.15) is 5.52 Å². The standard InChI is InChI=1S/C15H14BrF3N4/c1-7(5-6-15(17,18)19)10-12-13(23-14(16)22-10)21-11(8(2)20-12)9-3-4-9/h9H,1,3-6H2,2H3. The first-order chi connectivity index (χ1) is 10.7. The van der Waals surface area contributed by atoms with Gasteiger partial charge in [-0.2, -0.15) is 13.2 Å². The van der Waals surface area contributed by atoms with E-state index in [1.54, 1.807) is 0 Å². The number of hydrogen-bond donors (Lipinski definition) is 0. The molecule has 8 heteroatoms. The largest absolute Gasteiger partial charge is 0.389 e. The Labute approximate surface area is 139 Å². The summed E-state index contributed by atoms with van der Waals surface area (Å²) in [6.45, 7) is 5.59. The zero-order valence-corrected chi connectivity index (χ0v) is 14.0. The van der Waals surface area contributed by atoms with Crippen molar-refractivity contribution < 1.29 is 13.2 Å². The summed E-state index contributed by atoms with van der Waals surface area (Å²) in [6, 6.07) is 0. The highest BCUT2D eigenvalue weighted by Gasteiger charge is 2.29. The van der Waals surface area contributed by atoms with E-state index >= 15 is 0 Å². The third kappa shape index (κ3) is 3.68. The van der Waals surface area contributed by atoms with Crippen molar-refractivity contribution in [2.75, 3.05) is 0 Å². The fraction of sp³-hybridized carbons (Fsp3) is 0.467. The molecule has 2 heterocycles. The van der Waals surface area contributed by atoms with Crippen LogP contribution in [0.4, 0.5) is 13.2 Å². The highest BCUT2D eigenvalue weighted by molar-refractivity contribution is 9.10. The monoisotopic (exact) mass is 386 g/mol. The van der Waals surface area contributed by atoms with Crippen LogP contribution in [0.25, 0.3) is 16.7 Å². The van der Waals surface area contributed by atoms with E-state index in [9.17, 15) is 13.2 Å². The number of aromatic nitrogens is 4. The van der Waals surface area contributed by atoms with E-state index in [0.29, 0.717) is 22.8 Å². The summed E-state index contributed by atoms with van der Waals surface area (Å²) >= 11 is 3.18. The summed E-state index contributed by atoms with van der Waals surface area (Å²) in [5, 5.41) is 0. The number of allylic oxidation sites excluding steroid dienone is 1. The van der Waals surface area contributed by atoms with Crippen molar-refractivity contribution in [1.29, 1.82) is 0 Å². The lowest BCUT2D eigenvalue weighted by Gasteiger charge is -2.11. The maximum absolute atomic E-state index is 12.4. The smallest absolute Gasteiger partial charge is 0.246 e. The Bertz CT molecular complexity index is 784. The summed E-state index contributed by atoms with van der Waals surface area (Å²) in [6.07, 6.45) is -3.24. The number of hydrogen-bond acceptors (Lipinski definition) is 4. The third-order valence-corrected chi connectivity index (χ3v) is 4.08. The average molecular weight is 387 g/mol. The fourth-order valence-electron chi connectivity index (χ4n) is 2.42. The molecule has 0 unspecified atom stereocenters. The number of fused-ring (bicyclic) bond motifs is 1. The molecule has 23 heavy (non-hydrogen) atoms. The molecule has 0 radical (unpaired) electrons. The van der Waals surface area contributed by atoms with Gasteiger partial charge in [0.05, 0.1) is 17.1 Å². The summed E-state index contributed by atoms with van der Waals surface area (Å²) in [4.78, 5) is 17.4. The van der Waals surface area contributed by atoms with E-state index in [0.717, 1.165) is 24.2 Å². The molecule has 1 saturated carbocycles. The first kappa shape index (κ1) is 16.3. The maximum Gasteiger partial charge on any atom is 0.389 e. The molecule has 3 rings (SSSR count). The SMILES string of the molecule is C=C(CCC(F)(F)F)c1nc(Br)nc2nc(C3CC3)c(C)nc12. The molecule has 0 aromatic carbocycles. The lowest BCUT2D eigenvalue weighted by Crippen LogP contribution is -2.08. The van der Waals surface area contributed by atoms with Gasteiger partial charge in [0.25, 0.3) is 0 Å². The number of halogens is 4. The molecule has 0 aliphatic heterocycles. The molecule has 0 atom stereocenters. The number of rotatable bonds is 4. The minimum atomic E-state index is -4.23.